The Hall–Kier alpha value is -2.73. The van der Waals surface area contributed by atoms with Gasteiger partial charge in [0.25, 0.3) is 0 Å². The van der Waals surface area contributed by atoms with Crippen molar-refractivity contribution in [3.63, 3.8) is 0 Å². The van der Waals surface area contributed by atoms with Crippen molar-refractivity contribution in [1.82, 2.24) is 0 Å². The SMILES string of the molecule is O=C(/C=C(\F)C(F)(F)C(F)(F)C(F)(F)C(F)(F)C(F)(F)F)c1ccc2ccccc2c1. The highest BCUT2D eigenvalue weighted by atomic mass is 19.4. The van der Waals surface area contributed by atoms with Gasteiger partial charge in [-0.25, -0.2) is 4.39 Å². The number of halogens is 12. The van der Waals surface area contributed by atoms with E-state index >= 15 is 0 Å². The second-order valence-corrected chi connectivity index (χ2v) is 6.21. The van der Waals surface area contributed by atoms with Crippen molar-refractivity contribution < 1.29 is 57.5 Å². The summed E-state index contributed by atoms with van der Waals surface area (Å²) < 4.78 is 156. The fourth-order valence-electron chi connectivity index (χ4n) is 2.35. The Kier molecular flexibility index (Phi) is 5.89. The molecular weight excluding hydrogens is 460 g/mol. The van der Waals surface area contributed by atoms with Gasteiger partial charge in [0.1, 0.15) is 0 Å². The predicted molar refractivity (Wildman–Crippen MR) is 83.3 cm³/mol. The molecule has 0 atom stereocenters. The minimum Gasteiger partial charge on any atom is -0.289 e. The van der Waals surface area contributed by atoms with E-state index in [-0.39, 0.29) is 0 Å². The van der Waals surface area contributed by atoms with E-state index in [1.165, 1.54) is 24.3 Å². The van der Waals surface area contributed by atoms with E-state index in [0.717, 1.165) is 12.1 Å². The number of fused-ring (bicyclic) bond motifs is 1. The van der Waals surface area contributed by atoms with E-state index in [0.29, 0.717) is 10.8 Å². The summed E-state index contributed by atoms with van der Waals surface area (Å²) in [6, 6.07) is 9.15. The normalized spacial score (nSPS) is 14.8. The number of carbonyl (C=O) groups excluding carboxylic acids is 1. The number of alkyl halides is 11. The third-order valence-electron chi connectivity index (χ3n) is 4.13. The van der Waals surface area contributed by atoms with Gasteiger partial charge >= 0.3 is 29.9 Å². The highest BCUT2D eigenvalue weighted by Crippen LogP contribution is 2.58. The van der Waals surface area contributed by atoms with Crippen LogP contribution in [0.15, 0.2) is 54.4 Å². The molecule has 0 N–H and O–H groups in total. The number of carbonyl (C=O) groups is 1. The van der Waals surface area contributed by atoms with Gasteiger partial charge in [-0.05, 0) is 16.8 Å². The number of hydrogen-bond donors (Lipinski definition) is 0. The molecule has 31 heavy (non-hydrogen) atoms. The molecule has 0 bridgehead atoms. The largest absolute Gasteiger partial charge is 0.460 e. The molecule has 0 fully saturated rings. The van der Waals surface area contributed by atoms with Gasteiger partial charge in [-0.2, -0.15) is 48.3 Å². The highest BCUT2D eigenvalue weighted by molar-refractivity contribution is 6.07. The summed E-state index contributed by atoms with van der Waals surface area (Å²) in [6.07, 6.45) is -8.25. The Morgan fingerprint density at radius 1 is 0.677 bits per heavy atom. The van der Waals surface area contributed by atoms with E-state index in [1.807, 2.05) is 0 Å². The van der Waals surface area contributed by atoms with Crippen molar-refractivity contribution in [2.45, 2.75) is 29.9 Å². The number of rotatable bonds is 6. The first-order chi connectivity index (χ1) is 13.9. The maximum absolute atomic E-state index is 13.7. The number of allylic oxidation sites excluding steroid dienone is 2. The summed E-state index contributed by atoms with van der Waals surface area (Å²) >= 11 is 0. The van der Waals surface area contributed by atoms with Crippen molar-refractivity contribution >= 4 is 16.6 Å². The Balaban J connectivity index is 2.46. The third kappa shape index (κ3) is 3.85. The third-order valence-corrected chi connectivity index (χ3v) is 4.13. The van der Waals surface area contributed by atoms with Crippen molar-refractivity contribution in [3.05, 3.63) is 59.9 Å². The van der Waals surface area contributed by atoms with E-state index in [1.54, 1.807) is 6.07 Å². The maximum Gasteiger partial charge on any atom is 0.460 e. The van der Waals surface area contributed by atoms with Crippen LogP contribution >= 0.6 is 0 Å². The number of hydrogen-bond acceptors (Lipinski definition) is 1. The average molecular weight is 468 g/mol. The molecule has 0 aliphatic heterocycles. The maximum atomic E-state index is 13.7. The smallest absolute Gasteiger partial charge is 0.289 e. The summed E-state index contributed by atoms with van der Waals surface area (Å²) in [5.41, 5.74) is -0.583. The van der Waals surface area contributed by atoms with Gasteiger partial charge in [0, 0.05) is 11.6 Å². The van der Waals surface area contributed by atoms with Crippen LogP contribution in [-0.2, 0) is 0 Å². The first-order valence-corrected chi connectivity index (χ1v) is 7.86. The van der Waals surface area contributed by atoms with E-state index in [2.05, 4.69) is 0 Å². The number of ketones is 1. The van der Waals surface area contributed by atoms with Gasteiger partial charge in [0.2, 0.25) is 0 Å². The molecule has 0 aliphatic rings. The molecule has 0 aliphatic carbocycles. The van der Waals surface area contributed by atoms with Gasteiger partial charge in [0.15, 0.2) is 11.6 Å². The van der Waals surface area contributed by atoms with Crippen LogP contribution in [0, 0.1) is 0 Å². The molecule has 1 nitrogen and oxygen atoms in total. The fraction of sp³-hybridized carbons (Fsp3) is 0.278. The monoisotopic (exact) mass is 468 g/mol. The zero-order valence-corrected chi connectivity index (χ0v) is 14.6. The van der Waals surface area contributed by atoms with Crippen LogP contribution in [0.5, 0.6) is 0 Å². The van der Waals surface area contributed by atoms with Crippen molar-refractivity contribution in [2.75, 3.05) is 0 Å². The van der Waals surface area contributed by atoms with Crippen LogP contribution in [0.2, 0.25) is 0 Å². The van der Waals surface area contributed by atoms with Crippen molar-refractivity contribution in [3.8, 4) is 0 Å². The molecule has 0 amide bonds. The zero-order valence-electron chi connectivity index (χ0n) is 14.6. The van der Waals surface area contributed by atoms with Crippen molar-refractivity contribution in [1.29, 1.82) is 0 Å². The van der Waals surface area contributed by atoms with Crippen LogP contribution in [0.4, 0.5) is 52.7 Å². The van der Waals surface area contributed by atoms with E-state index < -0.39 is 53.1 Å². The molecular formula is C18H8F12O. The Labute approximate surface area is 164 Å². The molecule has 2 rings (SSSR count). The second kappa shape index (κ2) is 7.45. The van der Waals surface area contributed by atoms with Gasteiger partial charge in [-0.3, -0.25) is 4.79 Å². The summed E-state index contributed by atoms with van der Waals surface area (Å²) in [6.45, 7) is 0. The Morgan fingerprint density at radius 2 is 1.19 bits per heavy atom. The summed E-state index contributed by atoms with van der Waals surface area (Å²) in [4.78, 5) is 11.9. The molecule has 0 saturated carbocycles. The lowest BCUT2D eigenvalue weighted by Crippen LogP contribution is -2.66. The molecule has 0 spiro atoms. The standard InChI is InChI=1S/C18H8F12O/c19-13(8-12(31)11-6-5-9-3-1-2-4-10(9)7-11)14(20,21)15(22,23)16(24,25)17(26,27)18(28,29)30/h1-8H/b13-8-. The minimum absolute atomic E-state index is 0.301. The first-order valence-electron chi connectivity index (χ1n) is 7.86. The Morgan fingerprint density at radius 3 is 1.71 bits per heavy atom. The van der Waals surface area contributed by atoms with E-state index in [9.17, 15) is 57.5 Å². The quantitative estimate of drug-likeness (QED) is 0.254. The molecule has 170 valence electrons. The average Bonchev–Trinajstić information content (AvgIpc) is 2.66. The molecule has 0 unspecified atom stereocenters. The topological polar surface area (TPSA) is 17.1 Å². The summed E-state index contributed by atoms with van der Waals surface area (Å²) in [5.74, 6) is -35.3. The summed E-state index contributed by atoms with van der Waals surface area (Å²) in [5, 5.41) is 0.810. The fourth-order valence-corrected chi connectivity index (χ4v) is 2.35. The lowest BCUT2D eigenvalue weighted by Gasteiger charge is -2.36. The van der Waals surface area contributed by atoms with Crippen LogP contribution in [0.3, 0.4) is 0 Å². The van der Waals surface area contributed by atoms with Gasteiger partial charge in [-0.15, -0.1) is 0 Å². The molecule has 0 heterocycles. The van der Waals surface area contributed by atoms with Gasteiger partial charge in [0.05, 0.1) is 0 Å². The van der Waals surface area contributed by atoms with Crippen LogP contribution in [0.1, 0.15) is 10.4 Å². The highest BCUT2D eigenvalue weighted by Gasteiger charge is 2.87. The molecule has 2 aromatic rings. The number of benzene rings is 2. The van der Waals surface area contributed by atoms with Gasteiger partial charge < -0.3 is 0 Å². The van der Waals surface area contributed by atoms with Crippen LogP contribution in [-0.4, -0.2) is 35.6 Å². The lowest BCUT2D eigenvalue weighted by molar-refractivity contribution is -0.419. The molecule has 2 aromatic carbocycles. The predicted octanol–water partition coefficient (Wildman–Crippen LogP) is 6.98. The molecule has 0 aromatic heterocycles. The van der Waals surface area contributed by atoms with Gasteiger partial charge in [-0.1, -0.05) is 36.4 Å². The van der Waals surface area contributed by atoms with Crippen LogP contribution < -0.4 is 0 Å². The molecule has 0 radical (unpaired) electrons. The lowest BCUT2D eigenvalue weighted by atomic mass is 9.96. The molecule has 0 saturated heterocycles. The molecule has 13 heteroatoms. The van der Waals surface area contributed by atoms with Crippen molar-refractivity contribution in [2.24, 2.45) is 0 Å². The first kappa shape index (κ1) is 24.5. The van der Waals surface area contributed by atoms with E-state index in [4.69, 9.17) is 0 Å². The minimum atomic E-state index is -7.76. The zero-order chi connectivity index (χ0) is 24.0. The Bertz CT molecular complexity index is 1020. The van der Waals surface area contributed by atoms with Crippen LogP contribution in [0.25, 0.3) is 10.8 Å². The summed E-state index contributed by atoms with van der Waals surface area (Å²) in [7, 11) is 0. The second-order valence-electron chi connectivity index (χ2n) is 6.21.